The molecule has 0 saturated carbocycles. The van der Waals surface area contributed by atoms with Crippen molar-refractivity contribution in [1.29, 1.82) is 0 Å². The number of amides is 1. The number of Topliss-reactive ketones (excluding diaryl/α,β-unsaturated/α-hetero) is 1. The summed E-state index contributed by atoms with van der Waals surface area (Å²) in [5.41, 5.74) is 3.44. The van der Waals surface area contributed by atoms with Crippen LogP contribution in [0.2, 0.25) is 0 Å². The van der Waals surface area contributed by atoms with Crippen LogP contribution in [-0.4, -0.2) is 42.0 Å². The molecule has 188 valence electrons. The van der Waals surface area contributed by atoms with E-state index in [0.717, 1.165) is 33.5 Å². The van der Waals surface area contributed by atoms with Crippen LogP contribution in [0.25, 0.3) is 0 Å². The van der Waals surface area contributed by atoms with E-state index in [9.17, 15) is 9.59 Å². The van der Waals surface area contributed by atoms with Gasteiger partial charge >= 0.3 is 0 Å². The van der Waals surface area contributed by atoms with Crippen molar-refractivity contribution >= 4 is 51.8 Å². The second kappa shape index (κ2) is 10.9. The lowest BCUT2D eigenvalue weighted by Crippen LogP contribution is -2.32. The minimum atomic E-state index is -0.0527. The highest BCUT2D eigenvalue weighted by Crippen LogP contribution is 2.51. The number of anilines is 1. The molecule has 0 aromatic heterocycles. The van der Waals surface area contributed by atoms with Gasteiger partial charge in [0.05, 0.1) is 18.5 Å². The Morgan fingerprint density at radius 2 is 1.78 bits per heavy atom. The standard InChI is InChI=1S/C29H27N3O3S2/c1-4-31-24-18-23(35-3)13-14-25(24)36-28(31)26-27(34)32(16-15-20-9-6-5-7-10-20)29(37-26)30-22-12-8-11-21(17-22)19(2)33/h5-14,17-18H,4,15-16H2,1-3H3/b28-26-,30-29?. The summed E-state index contributed by atoms with van der Waals surface area (Å²) in [6.45, 7) is 4.85. The van der Waals surface area contributed by atoms with Crippen molar-refractivity contribution in [1.82, 2.24) is 4.90 Å². The molecule has 1 saturated heterocycles. The molecular weight excluding hydrogens is 502 g/mol. The molecule has 0 radical (unpaired) electrons. The number of carbonyl (C=O) groups is 2. The van der Waals surface area contributed by atoms with Gasteiger partial charge in [-0.2, -0.15) is 0 Å². The van der Waals surface area contributed by atoms with Crippen LogP contribution in [0.1, 0.15) is 29.8 Å². The Bertz CT molecular complexity index is 1420. The third-order valence-corrected chi connectivity index (χ3v) is 8.61. The van der Waals surface area contributed by atoms with Gasteiger partial charge in [0.15, 0.2) is 11.0 Å². The Hall–Kier alpha value is -3.49. The summed E-state index contributed by atoms with van der Waals surface area (Å²) in [6.07, 6.45) is 0.713. The van der Waals surface area contributed by atoms with Gasteiger partial charge in [-0.3, -0.25) is 14.5 Å². The number of carbonyl (C=O) groups excluding carboxylic acids is 2. The fourth-order valence-corrected chi connectivity index (χ4v) is 6.68. The van der Waals surface area contributed by atoms with E-state index < -0.39 is 0 Å². The molecule has 0 spiro atoms. The zero-order chi connectivity index (χ0) is 25.9. The number of fused-ring (bicyclic) bond motifs is 1. The third kappa shape index (κ3) is 5.17. The van der Waals surface area contributed by atoms with Gasteiger partial charge in [0.1, 0.15) is 15.7 Å². The van der Waals surface area contributed by atoms with E-state index in [1.165, 1.54) is 18.7 Å². The lowest BCUT2D eigenvalue weighted by molar-refractivity contribution is -0.122. The van der Waals surface area contributed by atoms with Gasteiger partial charge in [0, 0.05) is 29.6 Å². The van der Waals surface area contributed by atoms with E-state index in [0.29, 0.717) is 34.3 Å². The molecule has 1 amide bonds. The van der Waals surface area contributed by atoms with Gasteiger partial charge in [-0.25, -0.2) is 4.99 Å². The van der Waals surface area contributed by atoms with Crippen molar-refractivity contribution in [2.75, 3.05) is 25.1 Å². The maximum atomic E-state index is 13.9. The Balaban J connectivity index is 1.53. The van der Waals surface area contributed by atoms with Crippen LogP contribution in [0, 0.1) is 0 Å². The van der Waals surface area contributed by atoms with Gasteiger partial charge in [0.25, 0.3) is 5.91 Å². The van der Waals surface area contributed by atoms with Gasteiger partial charge in [-0.15, -0.1) is 0 Å². The molecule has 0 unspecified atom stereocenters. The highest BCUT2D eigenvalue weighted by molar-refractivity contribution is 8.19. The highest BCUT2D eigenvalue weighted by Gasteiger charge is 2.39. The topological polar surface area (TPSA) is 62.2 Å². The van der Waals surface area contributed by atoms with Crippen LogP contribution in [0.15, 0.2) is 92.6 Å². The summed E-state index contributed by atoms with van der Waals surface area (Å²) in [5.74, 6) is 0.713. The van der Waals surface area contributed by atoms with Crippen molar-refractivity contribution in [3.63, 3.8) is 0 Å². The van der Waals surface area contributed by atoms with Gasteiger partial charge in [-0.1, -0.05) is 54.2 Å². The average Bonchev–Trinajstić information content (AvgIpc) is 3.43. The first-order chi connectivity index (χ1) is 18.0. The monoisotopic (exact) mass is 529 g/mol. The number of hydrogen-bond acceptors (Lipinski definition) is 7. The molecule has 0 atom stereocenters. The number of rotatable bonds is 7. The molecule has 6 nitrogen and oxygen atoms in total. The normalized spacial score (nSPS) is 18.0. The summed E-state index contributed by atoms with van der Waals surface area (Å²) in [6, 6.07) is 23.3. The molecule has 5 rings (SSSR count). The number of ketones is 1. The summed E-state index contributed by atoms with van der Waals surface area (Å²) in [4.78, 5) is 36.3. The molecule has 3 aromatic rings. The molecular formula is C29H27N3O3S2. The lowest BCUT2D eigenvalue weighted by atomic mass is 10.1. The molecule has 1 fully saturated rings. The molecule has 2 aliphatic rings. The maximum Gasteiger partial charge on any atom is 0.269 e. The first kappa shape index (κ1) is 25.2. The number of amidine groups is 1. The fraction of sp³-hybridized carbons (Fsp3) is 0.207. The van der Waals surface area contributed by atoms with Crippen LogP contribution in [-0.2, 0) is 11.2 Å². The van der Waals surface area contributed by atoms with Gasteiger partial charge in [0.2, 0.25) is 0 Å². The largest absolute Gasteiger partial charge is 0.497 e. The van der Waals surface area contributed by atoms with Gasteiger partial charge < -0.3 is 9.64 Å². The minimum Gasteiger partial charge on any atom is -0.497 e. The van der Waals surface area contributed by atoms with Crippen LogP contribution < -0.4 is 9.64 Å². The number of ether oxygens (including phenoxy) is 1. The summed E-state index contributed by atoms with van der Waals surface area (Å²) >= 11 is 3.00. The van der Waals surface area contributed by atoms with Crippen LogP contribution in [0.4, 0.5) is 11.4 Å². The average molecular weight is 530 g/mol. The second-order valence-corrected chi connectivity index (χ2v) is 10.6. The third-order valence-electron chi connectivity index (χ3n) is 6.23. The SMILES string of the molecule is CCN1/C(=C2/SC(=Nc3cccc(C(C)=O)c3)N(CCc3ccccc3)C2=O)Sc2ccc(OC)cc21. The molecule has 37 heavy (non-hydrogen) atoms. The highest BCUT2D eigenvalue weighted by atomic mass is 32.2. The molecule has 3 aromatic carbocycles. The number of nitrogens with zero attached hydrogens (tertiary/aromatic N) is 3. The zero-order valence-corrected chi connectivity index (χ0v) is 22.6. The van der Waals surface area contributed by atoms with Crippen molar-refractivity contribution < 1.29 is 14.3 Å². The number of thioether (sulfide) groups is 2. The van der Waals surface area contributed by atoms with E-state index in [-0.39, 0.29) is 11.7 Å². The van der Waals surface area contributed by atoms with E-state index >= 15 is 0 Å². The maximum absolute atomic E-state index is 13.9. The minimum absolute atomic E-state index is 0.0184. The molecule has 0 N–H and O–H groups in total. The van der Waals surface area contributed by atoms with Crippen molar-refractivity contribution in [3.05, 3.63) is 93.9 Å². The molecule has 2 heterocycles. The zero-order valence-electron chi connectivity index (χ0n) is 20.9. The van der Waals surface area contributed by atoms with Crippen molar-refractivity contribution in [2.45, 2.75) is 25.2 Å². The predicted molar refractivity (Wildman–Crippen MR) is 152 cm³/mol. The van der Waals surface area contributed by atoms with Crippen LogP contribution in [0.5, 0.6) is 5.75 Å². The number of methoxy groups -OCH3 is 1. The Labute approximate surface area is 225 Å². The first-order valence-corrected chi connectivity index (χ1v) is 13.7. The number of benzene rings is 3. The van der Waals surface area contributed by atoms with E-state index in [4.69, 9.17) is 9.73 Å². The summed E-state index contributed by atoms with van der Waals surface area (Å²) < 4.78 is 5.44. The molecule has 2 aliphatic heterocycles. The predicted octanol–water partition coefficient (Wildman–Crippen LogP) is 6.50. The number of hydrogen-bond donors (Lipinski definition) is 0. The van der Waals surface area contributed by atoms with Crippen molar-refractivity contribution in [2.24, 2.45) is 4.99 Å². The smallest absolute Gasteiger partial charge is 0.269 e. The number of aliphatic imine (C=N–C) groups is 1. The second-order valence-electron chi connectivity index (χ2n) is 8.61. The lowest BCUT2D eigenvalue weighted by Gasteiger charge is -2.19. The molecule has 0 aliphatic carbocycles. The summed E-state index contributed by atoms with van der Waals surface area (Å²) in [7, 11) is 1.66. The van der Waals surface area contributed by atoms with Gasteiger partial charge in [-0.05, 0) is 61.9 Å². The van der Waals surface area contributed by atoms with E-state index in [1.54, 1.807) is 35.9 Å². The van der Waals surface area contributed by atoms with E-state index in [1.807, 2.05) is 48.5 Å². The first-order valence-electron chi connectivity index (χ1n) is 12.1. The molecule has 0 bridgehead atoms. The Morgan fingerprint density at radius 3 is 2.51 bits per heavy atom. The molecule has 8 heteroatoms. The fourth-order valence-electron chi connectivity index (χ4n) is 4.28. The Morgan fingerprint density at radius 1 is 0.973 bits per heavy atom. The Kier molecular flexibility index (Phi) is 7.39. The van der Waals surface area contributed by atoms with Crippen molar-refractivity contribution in [3.8, 4) is 5.75 Å². The van der Waals surface area contributed by atoms with Crippen LogP contribution >= 0.6 is 23.5 Å². The quantitative estimate of drug-likeness (QED) is 0.257. The van der Waals surface area contributed by atoms with Crippen LogP contribution in [0.3, 0.4) is 0 Å². The summed E-state index contributed by atoms with van der Waals surface area (Å²) in [5, 5.41) is 1.53. The van der Waals surface area contributed by atoms with E-state index in [2.05, 4.69) is 24.0 Å².